The van der Waals surface area contributed by atoms with Crippen LogP contribution in [0.3, 0.4) is 0 Å². The Morgan fingerprint density at radius 3 is 2.66 bits per heavy atom. The van der Waals surface area contributed by atoms with Crippen LogP contribution < -0.4 is 11.1 Å². The van der Waals surface area contributed by atoms with Gasteiger partial charge in [0.2, 0.25) is 5.91 Å². The van der Waals surface area contributed by atoms with Crippen molar-refractivity contribution in [3.8, 4) is 0 Å². The lowest BCUT2D eigenvalue weighted by molar-refractivity contribution is -0.119. The van der Waals surface area contributed by atoms with Crippen molar-refractivity contribution in [1.82, 2.24) is 5.32 Å². The predicted octanol–water partition coefficient (Wildman–Crippen LogP) is 3.00. The summed E-state index contributed by atoms with van der Waals surface area (Å²) in [7, 11) is 0. The molecule has 2 aromatic rings. The van der Waals surface area contributed by atoms with Crippen LogP contribution in [0.5, 0.6) is 0 Å². The number of hydrogen-bond acceptors (Lipinski definition) is 5. The minimum absolute atomic E-state index is 0. The molecule has 6 nitrogen and oxygen atoms in total. The number of thiophene rings is 1. The monoisotopic (exact) mass is 418 g/mol. The Hall–Kier alpha value is -2.22. The molecule has 0 bridgehead atoms. The number of hydrogen-bond donors (Lipinski definition) is 2. The first-order valence-corrected chi connectivity index (χ1v) is 10.9. The third-order valence-corrected chi connectivity index (χ3v) is 6.34. The first-order chi connectivity index (χ1) is 14.1. The molecule has 0 radical (unpaired) electrons. The second kappa shape index (κ2) is 9.07. The van der Waals surface area contributed by atoms with Gasteiger partial charge in [0.05, 0.1) is 18.8 Å². The van der Waals surface area contributed by atoms with Gasteiger partial charge in [-0.2, -0.15) is 0 Å². The van der Waals surface area contributed by atoms with Crippen molar-refractivity contribution in [2.24, 2.45) is 11.7 Å². The molecule has 3 fully saturated rings. The standard InChI is InChI=1S/C18H19NO3S.C4H7NO.2H2/c20-18(19-15-11-22-16-7-8-21-17(15)16)14-6-2-1-4-12(14)10-13-5-3-9-23-13;5-4(6)3-1-2-3;;/h1-6,9,15-17H,7-8,10-11H2,(H,19,20);3H,1-2H2,(H2,5,6);2*1H/t15-,16+,17+;;;/m0.../s1. The number of carbonyl (C=O) groups excluding carboxylic acids is 2. The topological polar surface area (TPSA) is 90.7 Å². The Labute approximate surface area is 177 Å². The molecule has 0 spiro atoms. The highest BCUT2D eigenvalue weighted by Gasteiger charge is 2.42. The Bertz CT molecular complexity index is 861. The lowest BCUT2D eigenvalue weighted by Gasteiger charge is -2.18. The van der Waals surface area contributed by atoms with E-state index in [1.807, 2.05) is 30.3 Å². The van der Waals surface area contributed by atoms with E-state index < -0.39 is 0 Å². The predicted molar refractivity (Wildman–Crippen MR) is 115 cm³/mol. The molecule has 2 saturated heterocycles. The van der Waals surface area contributed by atoms with Gasteiger partial charge in [-0.05, 0) is 42.3 Å². The van der Waals surface area contributed by atoms with Crippen molar-refractivity contribution in [2.45, 2.75) is 43.9 Å². The average Bonchev–Trinajstić information content (AvgIpc) is 3.09. The van der Waals surface area contributed by atoms with Crippen LogP contribution in [-0.2, 0) is 20.7 Å². The van der Waals surface area contributed by atoms with Crippen LogP contribution >= 0.6 is 11.3 Å². The molecule has 3 atom stereocenters. The molecule has 1 aromatic carbocycles. The van der Waals surface area contributed by atoms with Crippen molar-refractivity contribution in [2.75, 3.05) is 13.2 Å². The minimum atomic E-state index is -0.130. The van der Waals surface area contributed by atoms with Crippen LogP contribution in [0.15, 0.2) is 41.8 Å². The van der Waals surface area contributed by atoms with E-state index in [2.05, 4.69) is 16.8 Å². The number of primary amides is 1. The van der Waals surface area contributed by atoms with Crippen LogP contribution in [-0.4, -0.2) is 43.3 Å². The molecule has 0 unspecified atom stereocenters. The van der Waals surface area contributed by atoms with Gasteiger partial charge in [-0.1, -0.05) is 24.3 Å². The van der Waals surface area contributed by atoms with Gasteiger partial charge < -0.3 is 20.5 Å². The zero-order valence-corrected chi connectivity index (χ0v) is 17.0. The Morgan fingerprint density at radius 1 is 1.14 bits per heavy atom. The molecule has 1 aliphatic carbocycles. The normalized spacial score (nSPS) is 25.0. The third-order valence-electron chi connectivity index (χ3n) is 5.47. The average molecular weight is 419 g/mol. The van der Waals surface area contributed by atoms with E-state index in [4.69, 9.17) is 15.2 Å². The van der Waals surface area contributed by atoms with Gasteiger partial charge in [0.15, 0.2) is 0 Å². The van der Waals surface area contributed by atoms with Crippen molar-refractivity contribution in [1.29, 1.82) is 0 Å². The van der Waals surface area contributed by atoms with E-state index >= 15 is 0 Å². The molecule has 3 aliphatic rings. The lowest BCUT2D eigenvalue weighted by Crippen LogP contribution is -2.44. The highest BCUT2D eigenvalue weighted by molar-refractivity contribution is 7.09. The number of nitrogens with two attached hydrogens (primary N) is 1. The van der Waals surface area contributed by atoms with Gasteiger partial charge in [-0.3, -0.25) is 9.59 Å². The number of nitrogens with one attached hydrogen (secondary N) is 1. The molecule has 3 heterocycles. The van der Waals surface area contributed by atoms with E-state index in [1.165, 1.54) is 4.88 Å². The molecule has 5 rings (SSSR count). The number of fused-ring (bicyclic) bond motifs is 1. The van der Waals surface area contributed by atoms with E-state index in [9.17, 15) is 9.59 Å². The van der Waals surface area contributed by atoms with Gasteiger partial charge in [-0.15, -0.1) is 11.3 Å². The summed E-state index contributed by atoms with van der Waals surface area (Å²) in [4.78, 5) is 24.0. The van der Waals surface area contributed by atoms with Gasteiger partial charge in [-0.25, -0.2) is 0 Å². The van der Waals surface area contributed by atoms with Crippen LogP contribution in [0.25, 0.3) is 0 Å². The van der Waals surface area contributed by atoms with Crippen molar-refractivity contribution >= 4 is 23.2 Å². The van der Waals surface area contributed by atoms with E-state index in [0.717, 1.165) is 43.4 Å². The Balaban J connectivity index is 0.000000372. The summed E-state index contributed by atoms with van der Waals surface area (Å²) in [6, 6.07) is 11.9. The van der Waals surface area contributed by atoms with Crippen LogP contribution in [0.2, 0.25) is 0 Å². The minimum Gasteiger partial charge on any atom is -0.373 e. The maximum atomic E-state index is 12.7. The van der Waals surface area contributed by atoms with Crippen LogP contribution in [0, 0.1) is 5.92 Å². The van der Waals surface area contributed by atoms with Crippen LogP contribution in [0.4, 0.5) is 0 Å². The second-order valence-corrected chi connectivity index (χ2v) is 8.70. The molecule has 1 aromatic heterocycles. The lowest BCUT2D eigenvalue weighted by atomic mass is 10.0. The molecular formula is C22H30N2O4S. The highest BCUT2D eigenvalue weighted by atomic mass is 32.1. The number of ether oxygens (including phenoxy) is 2. The fourth-order valence-electron chi connectivity index (χ4n) is 3.70. The van der Waals surface area contributed by atoms with E-state index in [0.29, 0.717) is 6.61 Å². The van der Waals surface area contributed by atoms with Crippen LogP contribution in [0.1, 0.15) is 42.9 Å². The smallest absolute Gasteiger partial charge is 0.251 e. The fourth-order valence-corrected chi connectivity index (χ4v) is 4.43. The summed E-state index contributed by atoms with van der Waals surface area (Å²) in [5, 5.41) is 5.16. The van der Waals surface area contributed by atoms with Gasteiger partial charge >= 0.3 is 0 Å². The summed E-state index contributed by atoms with van der Waals surface area (Å²) in [6.45, 7) is 1.25. The van der Waals surface area contributed by atoms with E-state index in [1.54, 1.807) is 11.3 Å². The zero-order chi connectivity index (χ0) is 20.2. The first kappa shape index (κ1) is 20.1. The quantitative estimate of drug-likeness (QED) is 0.781. The summed E-state index contributed by atoms with van der Waals surface area (Å²) < 4.78 is 11.4. The molecular weight excluding hydrogens is 388 g/mol. The molecule has 1 saturated carbocycles. The maximum absolute atomic E-state index is 12.7. The molecule has 29 heavy (non-hydrogen) atoms. The Kier molecular flexibility index (Phi) is 6.28. The molecule has 2 aliphatic heterocycles. The van der Waals surface area contributed by atoms with Crippen molar-refractivity contribution in [3.05, 3.63) is 57.8 Å². The molecule has 158 valence electrons. The van der Waals surface area contributed by atoms with Crippen molar-refractivity contribution < 1.29 is 21.9 Å². The van der Waals surface area contributed by atoms with Crippen molar-refractivity contribution in [3.63, 3.8) is 0 Å². The highest BCUT2D eigenvalue weighted by Crippen LogP contribution is 2.28. The van der Waals surface area contributed by atoms with Gasteiger partial charge in [0.1, 0.15) is 6.10 Å². The number of rotatable bonds is 5. The van der Waals surface area contributed by atoms with Gasteiger partial charge in [0.25, 0.3) is 5.91 Å². The molecule has 3 N–H and O–H groups in total. The van der Waals surface area contributed by atoms with E-state index in [-0.39, 0.29) is 38.8 Å². The zero-order valence-electron chi connectivity index (χ0n) is 16.2. The summed E-state index contributed by atoms with van der Waals surface area (Å²) >= 11 is 1.71. The summed E-state index contributed by atoms with van der Waals surface area (Å²) in [5.41, 5.74) is 6.65. The number of benzene rings is 1. The summed E-state index contributed by atoms with van der Waals surface area (Å²) in [5.74, 6) is 0.0712. The first-order valence-electron chi connectivity index (χ1n) is 10.1. The van der Waals surface area contributed by atoms with Gasteiger partial charge in [0, 0.05) is 32.2 Å². The number of amides is 2. The molecule has 2 amide bonds. The SMILES string of the molecule is NC(=O)C1CC1.O=C(N[C@H]1CO[C@@H]2CCO[C@H]12)c1ccccc1Cc1cccs1.[HH].[HH]. The second-order valence-electron chi connectivity index (χ2n) is 7.67. The maximum Gasteiger partial charge on any atom is 0.251 e. The molecule has 7 heteroatoms. The summed E-state index contributed by atoms with van der Waals surface area (Å²) in [6.07, 6.45) is 3.90. The Morgan fingerprint density at radius 2 is 1.97 bits per heavy atom. The third kappa shape index (κ3) is 5.04. The largest absolute Gasteiger partial charge is 0.373 e. The number of carbonyl (C=O) groups is 2. The fraction of sp³-hybridized carbons (Fsp3) is 0.455.